The van der Waals surface area contributed by atoms with Gasteiger partial charge < -0.3 is 14.5 Å². The Morgan fingerprint density at radius 3 is 2.30 bits per heavy atom. The second-order valence-corrected chi connectivity index (χ2v) is 7.68. The van der Waals surface area contributed by atoms with E-state index in [1.54, 1.807) is 0 Å². The van der Waals surface area contributed by atoms with Crippen LogP contribution < -0.4 is 0 Å². The van der Waals surface area contributed by atoms with Crippen molar-refractivity contribution in [2.45, 2.75) is 24.8 Å². The summed E-state index contributed by atoms with van der Waals surface area (Å²) in [7, 11) is 0. The maximum absolute atomic E-state index is 13.1. The Hall–Kier alpha value is -2.17. The second-order valence-electron chi connectivity index (χ2n) is 7.68. The van der Waals surface area contributed by atoms with Crippen molar-refractivity contribution < 1.29 is 9.53 Å². The Labute approximate surface area is 161 Å². The highest BCUT2D eigenvalue weighted by molar-refractivity contribution is 5.94. The van der Waals surface area contributed by atoms with Crippen molar-refractivity contribution in [1.82, 2.24) is 9.80 Å². The number of rotatable bonds is 4. The zero-order valence-corrected chi connectivity index (χ0v) is 15.8. The zero-order chi connectivity index (χ0) is 18.5. The number of hydrogen-bond acceptors (Lipinski definition) is 3. The molecule has 0 saturated carbocycles. The molecule has 2 aromatic carbocycles. The first-order valence-electron chi connectivity index (χ1n) is 9.98. The predicted octanol–water partition coefficient (Wildman–Crippen LogP) is 3.24. The molecule has 0 N–H and O–H groups in total. The first-order chi connectivity index (χ1) is 13.3. The Morgan fingerprint density at radius 1 is 0.926 bits per heavy atom. The first-order valence-corrected chi connectivity index (χ1v) is 9.98. The van der Waals surface area contributed by atoms with Crippen LogP contribution in [0.25, 0.3) is 0 Å². The lowest BCUT2D eigenvalue weighted by Crippen LogP contribution is -2.63. The number of ether oxygens (including phenoxy) is 1. The summed E-state index contributed by atoms with van der Waals surface area (Å²) >= 11 is 0. The summed E-state index contributed by atoms with van der Waals surface area (Å²) in [6.45, 7) is 5.12. The molecule has 4 rings (SSSR count). The monoisotopic (exact) mass is 364 g/mol. The molecule has 2 aliphatic heterocycles. The maximum Gasteiger partial charge on any atom is 0.254 e. The van der Waals surface area contributed by atoms with Gasteiger partial charge in [-0.05, 0) is 37.0 Å². The molecule has 0 atom stereocenters. The maximum atomic E-state index is 13.1. The highest BCUT2D eigenvalue weighted by Gasteiger charge is 2.44. The molecular formula is C23H28N2O2. The van der Waals surface area contributed by atoms with Crippen LogP contribution in [0.15, 0.2) is 60.7 Å². The molecule has 0 aliphatic carbocycles. The molecule has 2 saturated heterocycles. The molecule has 2 aromatic rings. The van der Waals surface area contributed by atoms with Crippen LogP contribution in [0.1, 0.15) is 28.8 Å². The van der Waals surface area contributed by atoms with Crippen LogP contribution in [0.4, 0.5) is 0 Å². The van der Waals surface area contributed by atoms with Crippen LogP contribution in [0.5, 0.6) is 0 Å². The van der Waals surface area contributed by atoms with E-state index in [0.717, 1.165) is 44.5 Å². The molecule has 2 fully saturated rings. The summed E-state index contributed by atoms with van der Waals surface area (Å²) in [4.78, 5) is 17.7. The second kappa shape index (κ2) is 8.24. The topological polar surface area (TPSA) is 32.8 Å². The standard InChI is InChI=1S/C23H28N2O2/c26-22(21-9-5-2-6-10-21)25-17-18-27-19-23(25)12-15-24(16-13-23)14-11-20-7-3-1-4-8-20/h1-10H,11-19H2. The number of hydrogen-bond donors (Lipinski definition) is 0. The van der Waals surface area contributed by atoms with Crippen molar-refractivity contribution in [3.8, 4) is 0 Å². The number of piperidine rings is 1. The van der Waals surface area contributed by atoms with Gasteiger partial charge in [-0.25, -0.2) is 0 Å². The van der Waals surface area contributed by atoms with E-state index in [1.807, 2.05) is 30.3 Å². The smallest absolute Gasteiger partial charge is 0.254 e. The van der Waals surface area contributed by atoms with E-state index in [9.17, 15) is 4.79 Å². The molecule has 1 spiro atoms. The summed E-state index contributed by atoms with van der Waals surface area (Å²) < 4.78 is 5.83. The number of likely N-dealkylation sites (tertiary alicyclic amines) is 1. The zero-order valence-electron chi connectivity index (χ0n) is 15.8. The van der Waals surface area contributed by atoms with E-state index < -0.39 is 0 Å². The highest BCUT2D eigenvalue weighted by atomic mass is 16.5. The normalized spacial score (nSPS) is 19.9. The summed E-state index contributed by atoms with van der Waals surface area (Å²) in [6.07, 6.45) is 3.05. The van der Waals surface area contributed by atoms with Crippen LogP contribution in [0.3, 0.4) is 0 Å². The lowest BCUT2D eigenvalue weighted by molar-refractivity contribution is -0.0775. The third kappa shape index (κ3) is 4.07. The van der Waals surface area contributed by atoms with Gasteiger partial charge in [-0.3, -0.25) is 4.79 Å². The fraction of sp³-hybridized carbons (Fsp3) is 0.435. The molecule has 0 bridgehead atoms. The van der Waals surface area contributed by atoms with E-state index >= 15 is 0 Å². The van der Waals surface area contributed by atoms with Crippen LogP contribution in [-0.2, 0) is 11.2 Å². The molecule has 2 aliphatic rings. The Morgan fingerprint density at radius 2 is 1.59 bits per heavy atom. The van der Waals surface area contributed by atoms with Crippen molar-refractivity contribution in [3.05, 3.63) is 71.8 Å². The van der Waals surface area contributed by atoms with Gasteiger partial charge in [0, 0.05) is 31.7 Å². The van der Waals surface area contributed by atoms with Crippen molar-refractivity contribution in [2.24, 2.45) is 0 Å². The molecule has 4 heteroatoms. The SMILES string of the molecule is O=C(c1ccccc1)N1CCOCC12CCN(CCc1ccccc1)CC2. The molecule has 1 amide bonds. The summed E-state index contributed by atoms with van der Waals surface area (Å²) in [5.74, 6) is 0.150. The van der Waals surface area contributed by atoms with E-state index in [-0.39, 0.29) is 11.4 Å². The Bertz CT molecular complexity index is 739. The van der Waals surface area contributed by atoms with Crippen LogP contribution in [-0.4, -0.2) is 60.6 Å². The highest BCUT2D eigenvalue weighted by Crippen LogP contribution is 2.33. The molecule has 0 aromatic heterocycles. The fourth-order valence-corrected chi connectivity index (χ4v) is 4.33. The summed E-state index contributed by atoms with van der Waals surface area (Å²) in [6, 6.07) is 20.3. The average molecular weight is 364 g/mol. The van der Waals surface area contributed by atoms with Crippen molar-refractivity contribution in [1.29, 1.82) is 0 Å². The third-order valence-corrected chi connectivity index (χ3v) is 6.01. The number of benzene rings is 2. The fourth-order valence-electron chi connectivity index (χ4n) is 4.33. The number of carbonyl (C=O) groups excluding carboxylic acids is 1. The van der Waals surface area contributed by atoms with E-state index in [0.29, 0.717) is 19.8 Å². The van der Waals surface area contributed by atoms with E-state index in [1.165, 1.54) is 5.56 Å². The lowest BCUT2D eigenvalue weighted by Gasteiger charge is -2.51. The van der Waals surface area contributed by atoms with Gasteiger partial charge in [0.15, 0.2) is 0 Å². The predicted molar refractivity (Wildman–Crippen MR) is 107 cm³/mol. The quantitative estimate of drug-likeness (QED) is 0.835. The van der Waals surface area contributed by atoms with Gasteiger partial charge in [0.2, 0.25) is 0 Å². The van der Waals surface area contributed by atoms with Gasteiger partial charge in [-0.15, -0.1) is 0 Å². The minimum absolute atomic E-state index is 0.144. The van der Waals surface area contributed by atoms with Gasteiger partial charge in [-0.1, -0.05) is 48.5 Å². The average Bonchev–Trinajstić information content (AvgIpc) is 2.75. The van der Waals surface area contributed by atoms with Crippen LogP contribution >= 0.6 is 0 Å². The third-order valence-electron chi connectivity index (χ3n) is 6.01. The molecular weight excluding hydrogens is 336 g/mol. The van der Waals surface area contributed by atoms with Crippen molar-refractivity contribution >= 4 is 5.91 Å². The van der Waals surface area contributed by atoms with Gasteiger partial charge in [0.05, 0.1) is 18.8 Å². The Kier molecular flexibility index (Phi) is 5.55. The number of carbonyl (C=O) groups is 1. The van der Waals surface area contributed by atoms with Crippen molar-refractivity contribution in [2.75, 3.05) is 39.4 Å². The minimum Gasteiger partial charge on any atom is -0.377 e. The molecule has 27 heavy (non-hydrogen) atoms. The van der Waals surface area contributed by atoms with Crippen LogP contribution in [0, 0.1) is 0 Å². The van der Waals surface area contributed by atoms with Crippen molar-refractivity contribution in [3.63, 3.8) is 0 Å². The molecule has 4 nitrogen and oxygen atoms in total. The summed E-state index contributed by atoms with van der Waals surface area (Å²) in [5, 5.41) is 0. The molecule has 0 radical (unpaired) electrons. The number of amides is 1. The first kappa shape index (κ1) is 18.2. The molecule has 142 valence electrons. The number of nitrogens with zero attached hydrogens (tertiary/aromatic N) is 2. The van der Waals surface area contributed by atoms with E-state index in [2.05, 4.69) is 40.1 Å². The molecule has 2 heterocycles. The van der Waals surface area contributed by atoms with Crippen LogP contribution in [0.2, 0.25) is 0 Å². The lowest BCUT2D eigenvalue weighted by atomic mass is 9.84. The molecule has 0 unspecified atom stereocenters. The summed E-state index contributed by atoms with van der Waals surface area (Å²) in [5.41, 5.74) is 2.03. The van der Waals surface area contributed by atoms with Gasteiger partial charge in [0.25, 0.3) is 5.91 Å². The largest absolute Gasteiger partial charge is 0.377 e. The van der Waals surface area contributed by atoms with Gasteiger partial charge in [0.1, 0.15) is 0 Å². The van der Waals surface area contributed by atoms with E-state index in [4.69, 9.17) is 4.74 Å². The Balaban J connectivity index is 1.39. The minimum atomic E-state index is -0.144. The number of morpholine rings is 1. The van der Waals surface area contributed by atoms with Gasteiger partial charge >= 0.3 is 0 Å². The van der Waals surface area contributed by atoms with Gasteiger partial charge in [-0.2, -0.15) is 0 Å².